The van der Waals surface area contributed by atoms with Crippen molar-refractivity contribution in [3.63, 3.8) is 0 Å². The molecule has 0 aromatic carbocycles. The van der Waals surface area contributed by atoms with E-state index in [1.54, 1.807) is 12.3 Å². The first kappa shape index (κ1) is 11.0. The molecule has 0 bridgehead atoms. The van der Waals surface area contributed by atoms with Crippen LogP contribution >= 0.6 is 0 Å². The molecule has 16 heavy (non-hydrogen) atoms. The first-order chi connectivity index (χ1) is 7.65. The highest BCUT2D eigenvalue weighted by Gasteiger charge is 2.29. The van der Waals surface area contributed by atoms with Crippen LogP contribution in [0.25, 0.3) is 0 Å². The third-order valence-electron chi connectivity index (χ3n) is 2.56. The average Bonchev–Trinajstić information content (AvgIpc) is 2.68. The zero-order chi connectivity index (χ0) is 11.5. The number of hydrogen-bond acceptors (Lipinski definition) is 3. The normalized spacial score (nSPS) is 24.4. The molecule has 4 nitrogen and oxygen atoms in total. The predicted molar refractivity (Wildman–Crippen MR) is 61.0 cm³/mol. The standard InChI is InChI=1S/C11H14FN3O.H2/c1-7-2-3-10(14-5-7)15-11(16)9-4-8(12)6-13-9;/h2-3,5,8-9,13H,4,6H2,1H3,(H,14,15,16);1H/t8-,9+;/m1./s1. The minimum atomic E-state index is -0.929. The Bertz CT molecular complexity index is 385. The second kappa shape index (κ2) is 4.57. The van der Waals surface area contributed by atoms with E-state index in [0.29, 0.717) is 5.82 Å². The lowest BCUT2D eigenvalue weighted by Gasteiger charge is -2.10. The van der Waals surface area contributed by atoms with Gasteiger partial charge in [0.15, 0.2) is 0 Å². The zero-order valence-corrected chi connectivity index (χ0v) is 9.03. The van der Waals surface area contributed by atoms with Crippen molar-refractivity contribution in [1.82, 2.24) is 10.3 Å². The fourth-order valence-corrected chi connectivity index (χ4v) is 1.65. The highest BCUT2D eigenvalue weighted by atomic mass is 19.1. The second-order valence-electron chi connectivity index (χ2n) is 4.00. The van der Waals surface area contributed by atoms with Crippen molar-refractivity contribution in [2.75, 3.05) is 11.9 Å². The lowest BCUT2D eigenvalue weighted by atomic mass is 10.2. The van der Waals surface area contributed by atoms with Crippen LogP contribution < -0.4 is 10.6 Å². The van der Waals surface area contributed by atoms with Crippen LogP contribution in [0.1, 0.15) is 13.4 Å². The molecule has 1 amide bonds. The molecule has 2 rings (SSSR count). The van der Waals surface area contributed by atoms with E-state index < -0.39 is 12.2 Å². The number of nitrogens with zero attached hydrogens (tertiary/aromatic N) is 1. The SMILES string of the molecule is Cc1ccc(NC(=O)[C@@H]2C[C@@H](F)CN2)nc1.[HH]. The van der Waals surface area contributed by atoms with Gasteiger partial charge in [0.05, 0.1) is 6.04 Å². The van der Waals surface area contributed by atoms with Gasteiger partial charge < -0.3 is 10.6 Å². The van der Waals surface area contributed by atoms with Crippen molar-refractivity contribution in [2.24, 2.45) is 0 Å². The Morgan fingerprint density at radius 1 is 1.69 bits per heavy atom. The Morgan fingerprint density at radius 2 is 2.50 bits per heavy atom. The molecule has 0 radical (unpaired) electrons. The molecule has 1 aromatic rings. The monoisotopic (exact) mass is 225 g/mol. The summed E-state index contributed by atoms with van der Waals surface area (Å²) in [5, 5.41) is 5.48. The molecule has 5 heteroatoms. The van der Waals surface area contributed by atoms with Gasteiger partial charge >= 0.3 is 0 Å². The predicted octanol–water partition coefficient (Wildman–Crippen LogP) is 1.27. The lowest BCUT2D eigenvalue weighted by molar-refractivity contribution is -0.117. The molecule has 0 aliphatic carbocycles. The molecule has 2 N–H and O–H groups in total. The largest absolute Gasteiger partial charge is 0.309 e. The minimum absolute atomic E-state index is 0. The fourth-order valence-electron chi connectivity index (χ4n) is 1.65. The number of rotatable bonds is 2. The summed E-state index contributed by atoms with van der Waals surface area (Å²) in [6.07, 6.45) is 0.981. The third kappa shape index (κ3) is 2.55. The van der Waals surface area contributed by atoms with Gasteiger partial charge in [0.2, 0.25) is 5.91 Å². The topological polar surface area (TPSA) is 54.0 Å². The summed E-state index contributed by atoms with van der Waals surface area (Å²) < 4.78 is 12.9. The molecule has 1 aliphatic heterocycles. The van der Waals surface area contributed by atoms with Gasteiger partial charge in [0, 0.05) is 20.6 Å². The number of carbonyl (C=O) groups excluding carboxylic acids is 1. The van der Waals surface area contributed by atoms with E-state index >= 15 is 0 Å². The van der Waals surface area contributed by atoms with E-state index in [4.69, 9.17) is 0 Å². The number of pyridine rings is 1. The summed E-state index contributed by atoms with van der Waals surface area (Å²) in [4.78, 5) is 15.7. The minimum Gasteiger partial charge on any atom is -0.309 e. The molecule has 0 spiro atoms. The molecule has 1 fully saturated rings. The van der Waals surface area contributed by atoms with Gasteiger partial charge in [0.1, 0.15) is 12.0 Å². The zero-order valence-electron chi connectivity index (χ0n) is 9.03. The molecular formula is C11H16FN3O. The van der Waals surface area contributed by atoms with Crippen LogP contribution in [-0.4, -0.2) is 29.6 Å². The molecule has 2 heterocycles. The van der Waals surface area contributed by atoms with E-state index in [2.05, 4.69) is 15.6 Å². The van der Waals surface area contributed by atoms with Gasteiger partial charge in [-0.3, -0.25) is 4.79 Å². The van der Waals surface area contributed by atoms with Crippen LogP contribution in [0.15, 0.2) is 18.3 Å². The van der Waals surface area contributed by atoms with Crippen LogP contribution in [0.3, 0.4) is 0 Å². The molecule has 1 aromatic heterocycles. The van der Waals surface area contributed by atoms with Gasteiger partial charge in [-0.1, -0.05) is 6.07 Å². The number of alkyl halides is 1. The summed E-state index contributed by atoms with van der Waals surface area (Å²) in [5.41, 5.74) is 1.03. The van der Waals surface area contributed by atoms with Gasteiger partial charge in [-0.25, -0.2) is 9.37 Å². The number of anilines is 1. The van der Waals surface area contributed by atoms with E-state index in [0.717, 1.165) is 5.56 Å². The second-order valence-corrected chi connectivity index (χ2v) is 4.00. The molecule has 0 unspecified atom stereocenters. The van der Waals surface area contributed by atoms with Crippen molar-refractivity contribution in [3.8, 4) is 0 Å². The number of halogens is 1. The Labute approximate surface area is 94.7 Å². The maximum atomic E-state index is 12.9. The summed E-state index contributed by atoms with van der Waals surface area (Å²) in [5.74, 6) is 0.274. The number of amides is 1. The van der Waals surface area contributed by atoms with Crippen LogP contribution in [0.5, 0.6) is 0 Å². The number of hydrogen-bond donors (Lipinski definition) is 2. The summed E-state index contributed by atoms with van der Waals surface area (Å²) in [6.45, 7) is 2.17. The average molecular weight is 225 g/mol. The first-order valence-electron chi connectivity index (χ1n) is 5.26. The molecular weight excluding hydrogens is 209 g/mol. The first-order valence-corrected chi connectivity index (χ1v) is 5.26. The van der Waals surface area contributed by atoms with Gasteiger partial charge in [-0.15, -0.1) is 0 Å². The van der Waals surface area contributed by atoms with E-state index in [1.807, 2.05) is 13.0 Å². The molecule has 1 saturated heterocycles. The summed E-state index contributed by atoms with van der Waals surface area (Å²) in [6, 6.07) is 3.15. The maximum absolute atomic E-state index is 12.9. The third-order valence-corrected chi connectivity index (χ3v) is 2.56. The van der Waals surface area contributed by atoms with Crippen molar-refractivity contribution >= 4 is 11.7 Å². The Hall–Kier alpha value is -1.49. The highest BCUT2D eigenvalue weighted by molar-refractivity contribution is 5.94. The van der Waals surface area contributed by atoms with Crippen LogP contribution in [0.4, 0.5) is 10.2 Å². The summed E-state index contributed by atoms with van der Waals surface area (Å²) >= 11 is 0. The van der Waals surface area contributed by atoms with E-state index in [9.17, 15) is 9.18 Å². The Balaban J connectivity index is 0.00000144. The smallest absolute Gasteiger partial charge is 0.242 e. The van der Waals surface area contributed by atoms with Crippen molar-refractivity contribution in [2.45, 2.75) is 25.6 Å². The molecule has 1 aliphatic rings. The molecule has 2 atom stereocenters. The quantitative estimate of drug-likeness (QED) is 0.797. The maximum Gasteiger partial charge on any atom is 0.242 e. The van der Waals surface area contributed by atoms with Crippen LogP contribution in [-0.2, 0) is 4.79 Å². The van der Waals surface area contributed by atoms with Gasteiger partial charge in [-0.05, 0) is 18.6 Å². The van der Waals surface area contributed by atoms with Gasteiger partial charge in [0.25, 0.3) is 0 Å². The van der Waals surface area contributed by atoms with E-state index in [-0.39, 0.29) is 20.3 Å². The lowest BCUT2D eigenvalue weighted by Crippen LogP contribution is -2.35. The van der Waals surface area contributed by atoms with Crippen molar-refractivity contribution in [3.05, 3.63) is 23.9 Å². The summed E-state index contributed by atoms with van der Waals surface area (Å²) in [7, 11) is 0. The molecule has 88 valence electrons. The number of carbonyl (C=O) groups is 1. The number of aryl methyl sites for hydroxylation is 1. The highest BCUT2D eigenvalue weighted by Crippen LogP contribution is 2.12. The fraction of sp³-hybridized carbons (Fsp3) is 0.455. The molecule has 0 saturated carbocycles. The van der Waals surface area contributed by atoms with E-state index in [1.165, 1.54) is 0 Å². The van der Waals surface area contributed by atoms with Crippen molar-refractivity contribution < 1.29 is 10.6 Å². The number of nitrogens with one attached hydrogen (secondary N) is 2. The van der Waals surface area contributed by atoms with Gasteiger partial charge in [-0.2, -0.15) is 0 Å². The Morgan fingerprint density at radius 3 is 3.06 bits per heavy atom. The Kier molecular flexibility index (Phi) is 3.14. The van der Waals surface area contributed by atoms with Crippen LogP contribution in [0, 0.1) is 6.92 Å². The number of aromatic nitrogens is 1. The van der Waals surface area contributed by atoms with Crippen molar-refractivity contribution in [1.29, 1.82) is 0 Å². The van der Waals surface area contributed by atoms with Crippen LogP contribution in [0.2, 0.25) is 0 Å².